The lowest BCUT2D eigenvalue weighted by Crippen LogP contribution is -2.27. The van der Waals surface area contributed by atoms with Gasteiger partial charge in [0.05, 0.1) is 28.5 Å². The van der Waals surface area contributed by atoms with E-state index in [-0.39, 0.29) is 6.04 Å². The number of hydrogen-bond donors (Lipinski definition) is 0. The summed E-state index contributed by atoms with van der Waals surface area (Å²) in [5, 5.41) is 3.52. The summed E-state index contributed by atoms with van der Waals surface area (Å²) in [6.07, 6.45) is 4.00. The van der Waals surface area contributed by atoms with Crippen LogP contribution in [0, 0.1) is 0 Å². The molecule has 2 aromatic heterocycles. The molecular weight excluding hydrogens is 528 g/mol. The number of benzene rings is 5. The Bertz CT molecular complexity index is 2290. The number of ether oxygens (including phenoxy) is 1. The van der Waals surface area contributed by atoms with Crippen LogP contribution in [0.25, 0.3) is 49.5 Å². The first-order chi connectivity index (χ1) is 21.3. The van der Waals surface area contributed by atoms with Gasteiger partial charge in [0.1, 0.15) is 12.6 Å². The topological polar surface area (TPSA) is 43.8 Å². The minimum Gasteiger partial charge on any atom is -0.498 e. The van der Waals surface area contributed by atoms with E-state index < -0.39 is 0 Å². The maximum absolute atomic E-state index is 5.89. The summed E-state index contributed by atoms with van der Waals surface area (Å²) in [5.74, 6) is 0.677. The normalized spacial score (nSPS) is 16.2. The van der Waals surface area contributed by atoms with E-state index in [1.54, 1.807) is 0 Å². The van der Waals surface area contributed by atoms with Gasteiger partial charge in [0.2, 0.25) is 5.96 Å². The number of nitrogens with zero attached hydrogens (tertiary/aromatic N) is 4. The van der Waals surface area contributed by atoms with Crippen LogP contribution in [0.2, 0.25) is 0 Å². The van der Waals surface area contributed by atoms with E-state index in [1.165, 1.54) is 10.8 Å². The second-order valence-electron chi connectivity index (χ2n) is 11.0. The summed E-state index contributed by atoms with van der Waals surface area (Å²) in [6.45, 7) is 0.502. The monoisotopic (exact) mass is 554 g/mol. The average Bonchev–Trinajstić information content (AvgIpc) is 3.81. The van der Waals surface area contributed by atoms with E-state index in [0.717, 1.165) is 55.6 Å². The van der Waals surface area contributed by atoms with Gasteiger partial charge in [-0.05, 0) is 41.5 Å². The summed E-state index contributed by atoms with van der Waals surface area (Å²) in [6, 6.07) is 44.6. The largest absolute Gasteiger partial charge is 0.498 e. The van der Waals surface area contributed by atoms with Crippen LogP contribution in [0.3, 0.4) is 0 Å². The summed E-state index contributed by atoms with van der Waals surface area (Å²) >= 11 is 0. The summed E-state index contributed by atoms with van der Waals surface area (Å²) in [7, 11) is 0. The molecule has 9 rings (SSSR count). The van der Waals surface area contributed by atoms with Crippen molar-refractivity contribution in [2.75, 3.05) is 6.61 Å². The standard InChI is InChI=1S/C38H26N4O/c1-3-11-25(12-4-1)27-15-7-8-17-29(27)36-32-23-43-24-33(32)39-38(40-36)42-35-18-10-9-16-28(35)30-19-20-34-31(37(30)42)21-22-41(34)26-13-5-2-6-14-26/h1-23,33H,24H2. The molecule has 2 aliphatic rings. The van der Waals surface area contributed by atoms with Crippen molar-refractivity contribution in [1.82, 2.24) is 9.13 Å². The lowest BCUT2D eigenvalue weighted by molar-refractivity contribution is 0.270. The van der Waals surface area contributed by atoms with Crippen molar-refractivity contribution in [3.8, 4) is 16.8 Å². The predicted octanol–water partition coefficient (Wildman–Crippen LogP) is 8.40. The van der Waals surface area contributed by atoms with E-state index in [1.807, 2.05) is 18.4 Å². The molecule has 0 spiro atoms. The Morgan fingerprint density at radius 3 is 2.23 bits per heavy atom. The molecule has 1 unspecified atom stereocenters. The molecule has 4 heterocycles. The Morgan fingerprint density at radius 1 is 0.628 bits per heavy atom. The van der Waals surface area contributed by atoms with Gasteiger partial charge in [-0.3, -0.25) is 4.57 Å². The fourth-order valence-electron chi connectivity index (χ4n) is 6.63. The Hall–Kier alpha value is -5.68. The Balaban J connectivity index is 1.32. The fourth-order valence-corrected chi connectivity index (χ4v) is 6.63. The molecule has 0 N–H and O–H groups in total. The molecule has 2 aliphatic heterocycles. The van der Waals surface area contributed by atoms with Crippen LogP contribution in [0.5, 0.6) is 0 Å². The van der Waals surface area contributed by atoms with Crippen molar-refractivity contribution in [2.24, 2.45) is 9.98 Å². The van der Waals surface area contributed by atoms with Crippen LogP contribution < -0.4 is 0 Å². The lowest BCUT2D eigenvalue weighted by Gasteiger charge is -2.21. The number of rotatable bonds is 3. The van der Waals surface area contributed by atoms with E-state index in [0.29, 0.717) is 12.6 Å². The van der Waals surface area contributed by atoms with Crippen molar-refractivity contribution >= 4 is 44.4 Å². The highest BCUT2D eigenvalue weighted by Crippen LogP contribution is 2.38. The zero-order valence-electron chi connectivity index (χ0n) is 23.3. The van der Waals surface area contributed by atoms with Gasteiger partial charge in [0.25, 0.3) is 0 Å². The number of hydrogen-bond acceptors (Lipinski definition) is 3. The summed E-state index contributed by atoms with van der Waals surface area (Å²) < 4.78 is 10.4. The fraction of sp³-hybridized carbons (Fsp3) is 0.0526. The van der Waals surface area contributed by atoms with E-state index in [2.05, 4.69) is 131 Å². The Morgan fingerprint density at radius 2 is 1.37 bits per heavy atom. The highest BCUT2D eigenvalue weighted by molar-refractivity contribution is 6.26. The predicted molar refractivity (Wildman–Crippen MR) is 175 cm³/mol. The molecule has 5 nitrogen and oxygen atoms in total. The SMILES string of the molecule is C1=C2C(c3ccccc3-c3ccccc3)=NC(n3c4ccccc4c4ccc5c(ccn5-c5ccccc5)c43)=NC2CO1. The minimum atomic E-state index is -0.129. The molecule has 7 aromatic rings. The van der Waals surface area contributed by atoms with Gasteiger partial charge in [0, 0.05) is 39.2 Å². The number of fused-ring (bicyclic) bond motifs is 6. The molecule has 0 saturated carbocycles. The van der Waals surface area contributed by atoms with Crippen molar-refractivity contribution in [2.45, 2.75) is 6.04 Å². The Labute approximate surface area is 248 Å². The number of para-hydroxylation sites is 2. The van der Waals surface area contributed by atoms with E-state index in [4.69, 9.17) is 14.7 Å². The van der Waals surface area contributed by atoms with Crippen molar-refractivity contribution in [3.05, 3.63) is 151 Å². The number of aliphatic imine (C=N–C) groups is 2. The van der Waals surface area contributed by atoms with Crippen LogP contribution >= 0.6 is 0 Å². The van der Waals surface area contributed by atoms with Crippen LogP contribution in [0.15, 0.2) is 155 Å². The molecule has 204 valence electrons. The van der Waals surface area contributed by atoms with Crippen LogP contribution in [-0.4, -0.2) is 33.5 Å². The van der Waals surface area contributed by atoms with Crippen LogP contribution in [-0.2, 0) is 4.74 Å². The third kappa shape index (κ3) is 3.65. The summed E-state index contributed by atoms with van der Waals surface area (Å²) in [5.41, 5.74) is 9.76. The van der Waals surface area contributed by atoms with Gasteiger partial charge in [0.15, 0.2) is 0 Å². The van der Waals surface area contributed by atoms with Gasteiger partial charge >= 0.3 is 0 Å². The van der Waals surface area contributed by atoms with Gasteiger partial charge in [-0.1, -0.05) is 97.1 Å². The van der Waals surface area contributed by atoms with E-state index >= 15 is 0 Å². The highest BCUT2D eigenvalue weighted by Gasteiger charge is 2.32. The molecule has 43 heavy (non-hydrogen) atoms. The Kier molecular flexibility index (Phi) is 5.26. The second kappa shape index (κ2) is 9.43. The third-order valence-electron chi connectivity index (χ3n) is 8.58. The molecule has 0 saturated heterocycles. The first-order valence-electron chi connectivity index (χ1n) is 14.6. The maximum atomic E-state index is 5.89. The number of aromatic nitrogens is 2. The zero-order chi connectivity index (χ0) is 28.3. The maximum Gasteiger partial charge on any atom is 0.231 e. The van der Waals surface area contributed by atoms with Crippen LogP contribution in [0.4, 0.5) is 0 Å². The zero-order valence-corrected chi connectivity index (χ0v) is 23.3. The summed E-state index contributed by atoms with van der Waals surface area (Å²) in [4.78, 5) is 10.6. The van der Waals surface area contributed by atoms with Gasteiger partial charge in [-0.25, -0.2) is 9.98 Å². The molecule has 0 radical (unpaired) electrons. The average molecular weight is 555 g/mol. The lowest BCUT2D eigenvalue weighted by atomic mass is 9.91. The molecule has 5 aromatic carbocycles. The van der Waals surface area contributed by atoms with E-state index in [9.17, 15) is 0 Å². The van der Waals surface area contributed by atoms with Crippen LogP contribution in [0.1, 0.15) is 5.56 Å². The third-order valence-corrected chi connectivity index (χ3v) is 8.58. The quantitative estimate of drug-likeness (QED) is 0.216. The van der Waals surface area contributed by atoms with Gasteiger partial charge < -0.3 is 9.30 Å². The second-order valence-corrected chi connectivity index (χ2v) is 11.0. The molecular formula is C38H26N4O. The highest BCUT2D eigenvalue weighted by atomic mass is 16.5. The molecule has 0 amide bonds. The van der Waals surface area contributed by atoms with Crippen molar-refractivity contribution in [3.63, 3.8) is 0 Å². The molecule has 0 fully saturated rings. The molecule has 1 atom stereocenters. The van der Waals surface area contributed by atoms with Gasteiger partial charge in [-0.15, -0.1) is 0 Å². The molecule has 0 bridgehead atoms. The van der Waals surface area contributed by atoms with Crippen molar-refractivity contribution < 1.29 is 4.74 Å². The van der Waals surface area contributed by atoms with Crippen molar-refractivity contribution in [1.29, 1.82) is 0 Å². The smallest absolute Gasteiger partial charge is 0.231 e. The first-order valence-corrected chi connectivity index (χ1v) is 14.6. The minimum absolute atomic E-state index is 0.129. The molecule has 5 heteroatoms. The van der Waals surface area contributed by atoms with Gasteiger partial charge in [-0.2, -0.15) is 0 Å². The first kappa shape index (κ1) is 24.0. The molecule has 0 aliphatic carbocycles.